The number of hydrogen-bond acceptors (Lipinski definition) is 2. The summed E-state index contributed by atoms with van der Waals surface area (Å²) in [5.41, 5.74) is -0.468. The zero-order chi connectivity index (χ0) is 17.2. The zero-order valence-electron chi connectivity index (χ0n) is 12.3. The van der Waals surface area contributed by atoms with E-state index in [9.17, 15) is 18.0 Å². The average Bonchev–Trinajstić information content (AvgIpc) is 3.02. The summed E-state index contributed by atoms with van der Waals surface area (Å²) in [5.74, 6) is -0.673. The Bertz CT molecular complexity index is 843. The van der Waals surface area contributed by atoms with Crippen molar-refractivity contribution in [1.82, 2.24) is 9.78 Å². The summed E-state index contributed by atoms with van der Waals surface area (Å²) >= 11 is 0. The maximum absolute atomic E-state index is 13.0. The summed E-state index contributed by atoms with van der Waals surface area (Å²) < 4.78 is 39.9. The minimum absolute atomic E-state index is 0.197. The predicted octanol–water partition coefficient (Wildman–Crippen LogP) is 4.14. The second-order valence-electron chi connectivity index (χ2n) is 4.98. The maximum Gasteiger partial charge on any atom is 0.435 e. The quantitative estimate of drug-likeness (QED) is 0.784. The average molecular weight is 331 g/mol. The van der Waals surface area contributed by atoms with Crippen LogP contribution >= 0.6 is 0 Å². The molecule has 0 saturated heterocycles. The first-order valence-electron chi connectivity index (χ1n) is 7.04. The Labute approximate surface area is 135 Å². The number of halogens is 3. The highest BCUT2D eigenvalue weighted by Gasteiger charge is 2.36. The van der Waals surface area contributed by atoms with E-state index < -0.39 is 17.8 Å². The van der Waals surface area contributed by atoms with Gasteiger partial charge >= 0.3 is 6.18 Å². The van der Waals surface area contributed by atoms with Crippen LogP contribution < -0.4 is 5.32 Å². The molecule has 0 spiro atoms. The molecule has 0 fully saturated rings. The highest BCUT2D eigenvalue weighted by molar-refractivity contribution is 6.03. The molecule has 1 heterocycles. The van der Waals surface area contributed by atoms with Gasteiger partial charge in [-0.3, -0.25) is 4.79 Å². The van der Waals surface area contributed by atoms with Crippen molar-refractivity contribution in [2.75, 3.05) is 5.32 Å². The first-order chi connectivity index (χ1) is 11.4. The number of para-hydroxylation sites is 2. The van der Waals surface area contributed by atoms with Crippen molar-refractivity contribution in [3.8, 4) is 5.69 Å². The first-order valence-corrected chi connectivity index (χ1v) is 7.04. The maximum atomic E-state index is 13.0. The number of benzene rings is 2. The predicted molar refractivity (Wildman–Crippen MR) is 83.0 cm³/mol. The molecule has 0 bridgehead atoms. The zero-order valence-corrected chi connectivity index (χ0v) is 12.3. The fourth-order valence-electron chi connectivity index (χ4n) is 2.16. The number of nitrogens with one attached hydrogen (secondary N) is 1. The highest BCUT2D eigenvalue weighted by Crippen LogP contribution is 2.29. The Morgan fingerprint density at radius 3 is 2.12 bits per heavy atom. The second kappa shape index (κ2) is 6.19. The number of amides is 1. The fourth-order valence-corrected chi connectivity index (χ4v) is 2.16. The van der Waals surface area contributed by atoms with Gasteiger partial charge in [0.15, 0.2) is 5.69 Å². The monoisotopic (exact) mass is 331 g/mol. The largest absolute Gasteiger partial charge is 0.435 e. The molecule has 1 amide bonds. The molecule has 0 aliphatic rings. The van der Waals surface area contributed by atoms with E-state index in [1.807, 2.05) is 0 Å². The van der Waals surface area contributed by atoms with Gasteiger partial charge in [-0.05, 0) is 24.3 Å². The number of carbonyl (C=O) groups is 1. The van der Waals surface area contributed by atoms with Gasteiger partial charge in [-0.1, -0.05) is 36.4 Å². The van der Waals surface area contributed by atoms with Crippen LogP contribution in [0.2, 0.25) is 0 Å². The molecular weight excluding hydrogens is 319 g/mol. The number of hydrogen-bond donors (Lipinski definition) is 1. The molecule has 0 atom stereocenters. The third kappa shape index (κ3) is 3.29. The Morgan fingerprint density at radius 1 is 0.958 bits per heavy atom. The van der Waals surface area contributed by atoms with E-state index >= 15 is 0 Å². The van der Waals surface area contributed by atoms with Crippen molar-refractivity contribution in [3.63, 3.8) is 0 Å². The summed E-state index contributed by atoms with van der Waals surface area (Å²) in [6.45, 7) is 0. The van der Waals surface area contributed by atoms with E-state index in [0.717, 1.165) is 10.7 Å². The van der Waals surface area contributed by atoms with Crippen molar-refractivity contribution >= 4 is 11.6 Å². The fraction of sp³-hybridized carbons (Fsp3) is 0.0588. The van der Waals surface area contributed by atoms with Gasteiger partial charge in [0.1, 0.15) is 5.69 Å². The summed E-state index contributed by atoms with van der Waals surface area (Å²) in [6, 6.07) is 17.4. The van der Waals surface area contributed by atoms with Crippen LogP contribution in [-0.2, 0) is 6.18 Å². The Balaban J connectivity index is 2.02. The number of aromatic nitrogens is 2. The van der Waals surface area contributed by atoms with Gasteiger partial charge in [0.2, 0.25) is 0 Å². The van der Waals surface area contributed by atoms with E-state index in [1.165, 1.54) is 0 Å². The van der Waals surface area contributed by atoms with Gasteiger partial charge in [0.25, 0.3) is 5.91 Å². The molecule has 0 radical (unpaired) electrons. The molecule has 3 aromatic rings. The molecule has 7 heteroatoms. The molecule has 122 valence electrons. The lowest BCUT2D eigenvalue weighted by Crippen LogP contribution is -2.16. The van der Waals surface area contributed by atoms with Crippen LogP contribution in [0.15, 0.2) is 66.7 Å². The van der Waals surface area contributed by atoms with Crippen LogP contribution in [-0.4, -0.2) is 15.7 Å². The van der Waals surface area contributed by atoms with Crippen LogP contribution in [0.1, 0.15) is 16.2 Å². The summed E-state index contributed by atoms with van der Waals surface area (Å²) in [6.07, 6.45) is -4.64. The van der Waals surface area contributed by atoms with Gasteiger partial charge in [-0.2, -0.15) is 18.3 Å². The number of rotatable bonds is 3. The lowest BCUT2D eigenvalue weighted by Gasteiger charge is -2.08. The molecule has 4 nitrogen and oxygen atoms in total. The van der Waals surface area contributed by atoms with Crippen LogP contribution in [0, 0.1) is 0 Å². The van der Waals surface area contributed by atoms with E-state index in [4.69, 9.17) is 0 Å². The molecule has 3 rings (SSSR count). The lowest BCUT2D eigenvalue weighted by atomic mass is 10.2. The van der Waals surface area contributed by atoms with Crippen molar-refractivity contribution in [1.29, 1.82) is 0 Å². The van der Waals surface area contributed by atoms with E-state index in [1.54, 1.807) is 60.7 Å². The molecule has 24 heavy (non-hydrogen) atoms. The molecule has 0 saturated carbocycles. The lowest BCUT2D eigenvalue weighted by molar-refractivity contribution is -0.141. The number of anilines is 1. The second-order valence-corrected chi connectivity index (χ2v) is 4.98. The Kier molecular flexibility index (Phi) is 4.07. The normalized spacial score (nSPS) is 11.3. The van der Waals surface area contributed by atoms with Crippen molar-refractivity contribution in [2.24, 2.45) is 0 Å². The topological polar surface area (TPSA) is 46.9 Å². The molecule has 1 aromatic heterocycles. The smallest absolute Gasteiger partial charge is 0.321 e. The van der Waals surface area contributed by atoms with Crippen molar-refractivity contribution in [3.05, 3.63) is 78.1 Å². The number of nitrogens with zero attached hydrogens (tertiary/aromatic N) is 2. The standard InChI is InChI=1S/C17H12F3N3O/c18-17(19,20)15-11-14(16(24)21-12-7-3-1-4-8-12)23(22-15)13-9-5-2-6-10-13/h1-11H,(H,21,24). The van der Waals surface area contributed by atoms with Crippen molar-refractivity contribution in [2.45, 2.75) is 6.18 Å². The van der Waals surface area contributed by atoms with Crippen LogP contribution in [0.3, 0.4) is 0 Å². The number of alkyl halides is 3. The summed E-state index contributed by atoms with van der Waals surface area (Å²) in [4.78, 5) is 12.4. The van der Waals surface area contributed by atoms with E-state index in [2.05, 4.69) is 10.4 Å². The Hall–Kier alpha value is -3.09. The summed E-state index contributed by atoms with van der Waals surface area (Å²) in [5, 5.41) is 6.11. The molecule has 1 N–H and O–H groups in total. The van der Waals surface area contributed by atoms with Crippen LogP contribution in [0.4, 0.5) is 18.9 Å². The van der Waals surface area contributed by atoms with Gasteiger partial charge in [0, 0.05) is 11.8 Å². The van der Waals surface area contributed by atoms with Gasteiger partial charge in [-0.15, -0.1) is 0 Å². The minimum Gasteiger partial charge on any atom is -0.321 e. The van der Waals surface area contributed by atoms with E-state index in [0.29, 0.717) is 11.4 Å². The third-order valence-corrected chi connectivity index (χ3v) is 3.26. The van der Waals surface area contributed by atoms with Crippen molar-refractivity contribution < 1.29 is 18.0 Å². The number of carbonyl (C=O) groups excluding carboxylic acids is 1. The van der Waals surface area contributed by atoms with Gasteiger partial charge < -0.3 is 5.32 Å². The SMILES string of the molecule is O=C(Nc1ccccc1)c1cc(C(F)(F)F)nn1-c1ccccc1. The highest BCUT2D eigenvalue weighted by atomic mass is 19.4. The van der Waals surface area contributed by atoms with Crippen LogP contribution in [0.25, 0.3) is 5.69 Å². The Morgan fingerprint density at radius 2 is 1.54 bits per heavy atom. The summed E-state index contributed by atoms with van der Waals surface area (Å²) in [7, 11) is 0. The minimum atomic E-state index is -4.64. The molecular formula is C17H12F3N3O. The third-order valence-electron chi connectivity index (χ3n) is 3.26. The van der Waals surface area contributed by atoms with Crippen LogP contribution in [0.5, 0.6) is 0 Å². The molecule has 0 unspecified atom stereocenters. The molecule has 0 aliphatic carbocycles. The molecule has 2 aromatic carbocycles. The molecule has 0 aliphatic heterocycles. The van der Waals surface area contributed by atoms with E-state index in [-0.39, 0.29) is 5.69 Å². The first kappa shape index (κ1) is 15.8. The van der Waals surface area contributed by atoms with Gasteiger partial charge in [-0.25, -0.2) is 4.68 Å². The van der Waals surface area contributed by atoms with Gasteiger partial charge in [0.05, 0.1) is 5.69 Å².